The fourth-order valence-electron chi connectivity index (χ4n) is 3.71. The fraction of sp³-hybridized carbons (Fsp3) is 0.318. The van der Waals surface area contributed by atoms with E-state index in [1.165, 1.54) is 0 Å². The summed E-state index contributed by atoms with van der Waals surface area (Å²) in [5, 5.41) is 1.68. The van der Waals surface area contributed by atoms with Crippen molar-refractivity contribution in [1.29, 1.82) is 0 Å². The second-order valence-electron chi connectivity index (χ2n) is 6.95. The van der Waals surface area contributed by atoms with Crippen molar-refractivity contribution in [2.75, 3.05) is 24.6 Å². The van der Waals surface area contributed by atoms with Crippen molar-refractivity contribution in [3.8, 4) is 11.3 Å². The van der Waals surface area contributed by atoms with Gasteiger partial charge >= 0.3 is 5.97 Å². The van der Waals surface area contributed by atoms with Crippen molar-refractivity contribution >= 4 is 34.3 Å². The largest absolute Gasteiger partial charge is 0.466 e. The van der Waals surface area contributed by atoms with E-state index >= 15 is 0 Å². The Balaban J connectivity index is 1.75. The Bertz CT molecular complexity index is 1010. The zero-order valence-corrected chi connectivity index (χ0v) is 16.5. The number of carbonyl (C=O) groups is 1. The Hall–Kier alpha value is -2.66. The van der Waals surface area contributed by atoms with Gasteiger partial charge in [0.15, 0.2) is 0 Å². The number of rotatable bonds is 4. The molecule has 144 valence electrons. The lowest BCUT2D eigenvalue weighted by Crippen LogP contribution is -2.39. The first-order chi connectivity index (χ1) is 13.7. The Labute approximate surface area is 169 Å². The number of aromatic nitrogens is 2. The zero-order valence-electron chi connectivity index (χ0n) is 15.8. The number of benzene rings is 1. The monoisotopic (exact) mass is 395 g/mol. The van der Waals surface area contributed by atoms with Crippen molar-refractivity contribution in [3.05, 3.63) is 53.7 Å². The number of anilines is 1. The van der Waals surface area contributed by atoms with Crippen molar-refractivity contribution in [2.45, 2.75) is 19.8 Å². The molecule has 3 heterocycles. The molecule has 5 nitrogen and oxygen atoms in total. The van der Waals surface area contributed by atoms with Gasteiger partial charge in [-0.1, -0.05) is 29.8 Å². The third kappa shape index (κ3) is 3.80. The van der Waals surface area contributed by atoms with E-state index < -0.39 is 0 Å². The first kappa shape index (κ1) is 18.7. The van der Waals surface area contributed by atoms with Crippen LogP contribution in [0.4, 0.5) is 5.82 Å². The number of carbonyl (C=O) groups excluding carboxylic acids is 1. The van der Waals surface area contributed by atoms with Crippen LogP contribution in [-0.2, 0) is 9.53 Å². The number of esters is 1. The lowest BCUT2D eigenvalue weighted by atomic mass is 9.98. The van der Waals surface area contributed by atoms with Gasteiger partial charge in [-0.3, -0.25) is 9.78 Å². The minimum atomic E-state index is -0.121. The van der Waals surface area contributed by atoms with Gasteiger partial charge in [0.1, 0.15) is 5.82 Å². The smallest absolute Gasteiger partial charge is 0.310 e. The molecular formula is C22H22ClN3O2. The van der Waals surface area contributed by atoms with E-state index in [-0.39, 0.29) is 11.9 Å². The highest BCUT2D eigenvalue weighted by molar-refractivity contribution is 6.30. The first-order valence-electron chi connectivity index (χ1n) is 9.59. The molecule has 4 rings (SSSR count). The van der Waals surface area contributed by atoms with E-state index in [1.807, 2.05) is 49.4 Å². The van der Waals surface area contributed by atoms with Gasteiger partial charge in [0.2, 0.25) is 0 Å². The van der Waals surface area contributed by atoms with Gasteiger partial charge in [0, 0.05) is 35.3 Å². The van der Waals surface area contributed by atoms with Crippen molar-refractivity contribution in [1.82, 2.24) is 9.97 Å². The molecule has 1 fully saturated rings. The number of hydrogen-bond acceptors (Lipinski definition) is 5. The number of fused-ring (bicyclic) bond motifs is 1. The topological polar surface area (TPSA) is 55.3 Å². The highest BCUT2D eigenvalue weighted by Crippen LogP contribution is 2.32. The second kappa shape index (κ2) is 8.15. The number of pyridine rings is 2. The van der Waals surface area contributed by atoms with Crippen LogP contribution in [0.15, 0.2) is 48.7 Å². The van der Waals surface area contributed by atoms with Crippen LogP contribution in [0.3, 0.4) is 0 Å². The van der Waals surface area contributed by atoms with E-state index in [0.717, 1.165) is 47.4 Å². The summed E-state index contributed by atoms with van der Waals surface area (Å²) in [6, 6.07) is 13.7. The molecule has 1 unspecified atom stereocenters. The molecule has 1 aliphatic heterocycles. The number of nitrogens with zero attached hydrogens (tertiary/aromatic N) is 3. The molecule has 0 radical (unpaired) electrons. The molecule has 0 N–H and O–H groups in total. The summed E-state index contributed by atoms with van der Waals surface area (Å²) in [6.07, 6.45) is 3.56. The molecule has 2 aromatic heterocycles. The molecule has 1 aromatic carbocycles. The molecule has 28 heavy (non-hydrogen) atoms. The van der Waals surface area contributed by atoms with Crippen LogP contribution in [0, 0.1) is 5.92 Å². The van der Waals surface area contributed by atoms with Crippen LogP contribution < -0.4 is 4.90 Å². The molecule has 1 atom stereocenters. The van der Waals surface area contributed by atoms with Gasteiger partial charge in [-0.2, -0.15) is 0 Å². The molecule has 6 heteroatoms. The van der Waals surface area contributed by atoms with Gasteiger partial charge < -0.3 is 9.64 Å². The highest BCUT2D eigenvalue weighted by Gasteiger charge is 2.28. The normalized spacial score (nSPS) is 16.9. The molecule has 0 aliphatic carbocycles. The predicted molar refractivity (Wildman–Crippen MR) is 112 cm³/mol. The van der Waals surface area contributed by atoms with Crippen LogP contribution in [0.25, 0.3) is 22.2 Å². The third-order valence-corrected chi connectivity index (χ3v) is 5.27. The summed E-state index contributed by atoms with van der Waals surface area (Å²) in [6.45, 7) is 3.73. The Morgan fingerprint density at radius 1 is 1.29 bits per heavy atom. The van der Waals surface area contributed by atoms with Crippen molar-refractivity contribution < 1.29 is 9.53 Å². The number of hydrogen-bond donors (Lipinski definition) is 0. The number of ether oxygens (including phenoxy) is 1. The maximum atomic E-state index is 12.2. The predicted octanol–water partition coefficient (Wildman–Crippen LogP) is 4.73. The maximum absolute atomic E-state index is 12.2. The first-order valence-corrected chi connectivity index (χ1v) is 9.97. The minimum Gasteiger partial charge on any atom is -0.466 e. The quantitative estimate of drug-likeness (QED) is 0.598. The number of piperidine rings is 1. The van der Waals surface area contributed by atoms with Gasteiger partial charge in [0.25, 0.3) is 0 Å². The molecular weight excluding hydrogens is 374 g/mol. The second-order valence-corrected chi connectivity index (χ2v) is 7.39. The van der Waals surface area contributed by atoms with Crippen LogP contribution in [0.2, 0.25) is 5.02 Å². The molecule has 0 amide bonds. The number of halogens is 1. The van der Waals surface area contributed by atoms with Crippen LogP contribution in [-0.4, -0.2) is 35.6 Å². The highest BCUT2D eigenvalue weighted by atomic mass is 35.5. The Kier molecular flexibility index (Phi) is 5.44. The van der Waals surface area contributed by atoms with Crippen LogP contribution >= 0.6 is 11.6 Å². The maximum Gasteiger partial charge on any atom is 0.310 e. The molecule has 1 saturated heterocycles. The van der Waals surface area contributed by atoms with E-state index in [1.54, 1.807) is 6.20 Å². The lowest BCUT2D eigenvalue weighted by Gasteiger charge is -2.32. The van der Waals surface area contributed by atoms with Crippen LogP contribution in [0.1, 0.15) is 19.8 Å². The summed E-state index contributed by atoms with van der Waals surface area (Å²) >= 11 is 6.21. The Morgan fingerprint density at radius 2 is 2.18 bits per heavy atom. The van der Waals surface area contributed by atoms with Crippen molar-refractivity contribution in [2.24, 2.45) is 5.92 Å². The molecule has 0 spiro atoms. The summed E-state index contributed by atoms with van der Waals surface area (Å²) in [4.78, 5) is 23.9. The standard InChI is InChI=1S/C22H22ClN3O2/c1-2-28-22(27)17-8-5-11-26(14-17)19-13-16-7-4-10-24-20(16)21(25-19)15-6-3-9-18(23)12-15/h3-4,6-7,9-10,12-13,17H,2,5,8,11,14H2,1H3. The fourth-order valence-corrected chi connectivity index (χ4v) is 3.90. The van der Waals surface area contributed by atoms with E-state index in [4.69, 9.17) is 21.3 Å². The molecule has 1 aliphatic rings. The average Bonchev–Trinajstić information content (AvgIpc) is 2.73. The third-order valence-electron chi connectivity index (χ3n) is 5.04. The van der Waals surface area contributed by atoms with E-state index in [2.05, 4.69) is 9.88 Å². The average molecular weight is 396 g/mol. The molecule has 0 bridgehead atoms. The van der Waals surface area contributed by atoms with E-state index in [0.29, 0.717) is 18.2 Å². The summed E-state index contributed by atoms with van der Waals surface area (Å²) < 4.78 is 5.23. The molecule has 3 aromatic rings. The van der Waals surface area contributed by atoms with Gasteiger partial charge in [-0.25, -0.2) is 4.98 Å². The van der Waals surface area contributed by atoms with Crippen LogP contribution in [0.5, 0.6) is 0 Å². The zero-order chi connectivity index (χ0) is 19.5. The summed E-state index contributed by atoms with van der Waals surface area (Å²) in [5.74, 6) is 0.615. The summed E-state index contributed by atoms with van der Waals surface area (Å²) in [7, 11) is 0. The SMILES string of the molecule is CCOC(=O)C1CCCN(c2cc3cccnc3c(-c3cccc(Cl)c3)n2)C1. The Morgan fingerprint density at radius 3 is 3.00 bits per heavy atom. The lowest BCUT2D eigenvalue weighted by molar-refractivity contribution is -0.148. The van der Waals surface area contributed by atoms with E-state index in [9.17, 15) is 4.79 Å². The summed E-state index contributed by atoms with van der Waals surface area (Å²) in [5.41, 5.74) is 2.57. The van der Waals surface area contributed by atoms with Crippen molar-refractivity contribution in [3.63, 3.8) is 0 Å². The van der Waals surface area contributed by atoms with Gasteiger partial charge in [-0.15, -0.1) is 0 Å². The minimum absolute atomic E-state index is 0.116. The van der Waals surface area contributed by atoms with Gasteiger partial charge in [0.05, 0.1) is 23.7 Å². The van der Waals surface area contributed by atoms with Gasteiger partial charge in [-0.05, 0) is 44.0 Å². The molecule has 0 saturated carbocycles.